The van der Waals surface area contributed by atoms with Crippen molar-refractivity contribution in [1.82, 2.24) is 0 Å². The highest BCUT2D eigenvalue weighted by Crippen LogP contribution is 2.34. The van der Waals surface area contributed by atoms with Crippen LogP contribution in [-0.2, 0) is 14.3 Å². The Hall–Kier alpha value is -1.12. The molecule has 0 bridgehead atoms. The molecule has 16 heavy (non-hydrogen) atoms. The first-order valence-electron chi connectivity index (χ1n) is 5.92. The Kier molecular flexibility index (Phi) is 4.27. The third kappa shape index (κ3) is 2.34. The molecule has 1 aliphatic rings. The van der Waals surface area contributed by atoms with E-state index < -0.39 is 0 Å². The van der Waals surface area contributed by atoms with Gasteiger partial charge in [-0.05, 0) is 31.8 Å². The Morgan fingerprint density at radius 3 is 2.56 bits per heavy atom. The van der Waals surface area contributed by atoms with Crippen LogP contribution in [0.5, 0.6) is 0 Å². The van der Waals surface area contributed by atoms with Crippen LogP contribution in [0.25, 0.3) is 0 Å². The van der Waals surface area contributed by atoms with E-state index in [1.165, 1.54) is 0 Å². The smallest absolute Gasteiger partial charge is 0.313 e. The van der Waals surface area contributed by atoms with Crippen molar-refractivity contribution in [3.05, 3.63) is 11.1 Å². The van der Waals surface area contributed by atoms with Gasteiger partial charge in [-0.2, -0.15) is 0 Å². The normalized spacial score (nSPS) is 25.9. The number of hydrogen-bond donors (Lipinski definition) is 0. The topological polar surface area (TPSA) is 43.4 Å². The molecule has 0 heterocycles. The first-order chi connectivity index (χ1) is 7.52. The molecule has 0 aliphatic heterocycles. The number of ketones is 1. The Balaban J connectivity index is 3.02. The molecule has 0 amide bonds. The maximum Gasteiger partial charge on any atom is 0.313 e. The first kappa shape index (κ1) is 12.9. The van der Waals surface area contributed by atoms with E-state index in [0.717, 1.165) is 11.1 Å². The van der Waals surface area contributed by atoms with Gasteiger partial charge in [-0.1, -0.05) is 19.4 Å². The highest BCUT2D eigenvalue weighted by molar-refractivity contribution is 5.99. The molecule has 0 aromatic heterocycles. The van der Waals surface area contributed by atoms with Crippen LogP contribution in [0.4, 0.5) is 0 Å². The molecule has 3 heteroatoms. The molecule has 3 nitrogen and oxygen atoms in total. The van der Waals surface area contributed by atoms with Crippen LogP contribution in [0.3, 0.4) is 0 Å². The summed E-state index contributed by atoms with van der Waals surface area (Å²) in [5.74, 6) is -0.173. The van der Waals surface area contributed by atoms with E-state index in [0.29, 0.717) is 19.4 Å². The van der Waals surface area contributed by atoms with E-state index in [1.54, 1.807) is 6.92 Å². The van der Waals surface area contributed by atoms with E-state index in [1.807, 2.05) is 20.8 Å². The lowest BCUT2D eigenvalue weighted by molar-refractivity contribution is -0.148. The Morgan fingerprint density at radius 1 is 1.44 bits per heavy atom. The molecule has 0 spiro atoms. The average molecular weight is 224 g/mol. The molecule has 0 aromatic rings. The lowest BCUT2D eigenvalue weighted by Crippen LogP contribution is -2.32. The summed E-state index contributed by atoms with van der Waals surface area (Å²) in [6, 6.07) is 0. The fourth-order valence-corrected chi connectivity index (χ4v) is 2.49. The number of rotatable bonds is 3. The molecular weight excluding hydrogens is 204 g/mol. The van der Waals surface area contributed by atoms with Crippen LogP contribution in [0.2, 0.25) is 0 Å². The van der Waals surface area contributed by atoms with Crippen molar-refractivity contribution in [1.29, 1.82) is 0 Å². The lowest BCUT2D eigenvalue weighted by Gasteiger charge is -2.29. The van der Waals surface area contributed by atoms with E-state index in [4.69, 9.17) is 4.74 Å². The van der Waals surface area contributed by atoms with Gasteiger partial charge in [-0.3, -0.25) is 9.59 Å². The zero-order chi connectivity index (χ0) is 12.3. The van der Waals surface area contributed by atoms with Crippen LogP contribution in [0, 0.1) is 11.8 Å². The van der Waals surface area contributed by atoms with Crippen molar-refractivity contribution < 1.29 is 14.3 Å². The predicted molar refractivity (Wildman–Crippen MR) is 61.9 cm³/mol. The minimum Gasteiger partial charge on any atom is -0.466 e. The van der Waals surface area contributed by atoms with Gasteiger partial charge in [0.15, 0.2) is 5.78 Å². The van der Waals surface area contributed by atoms with Gasteiger partial charge in [0.25, 0.3) is 0 Å². The van der Waals surface area contributed by atoms with Crippen molar-refractivity contribution in [2.45, 2.75) is 40.5 Å². The molecule has 0 fully saturated rings. The summed E-state index contributed by atoms with van der Waals surface area (Å²) in [6.45, 7) is 7.97. The maximum atomic E-state index is 11.8. The summed E-state index contributed by atoms with van der Waals surface area (Å²) in [7, 11) is 0. The second kappa shape index (κ2) is 5.28. The minimum atomic E-state index is -0.229. The van der Waals surface area contributed by atoms with Gasteiger partial charge in [0.2, 0.25) is 0 Å². The molecule has 0 N–H and O–H groups in total. The van der Waals surface area contributed by atoms with Crippen LogP contribution >= 0.6 is 0 Å². The van der Waals surface area contributed by atoms with Crippen LogP contribution in [0.1, 0.15) is 40.5 Å². The second-order valence-electron chi connectivity index (χ2n) is 4.35. The van der Waals surface area contributed by atoms with Gasteiger partial charge >= 0.3 is 5.97 Å². The molecule has 2 atom stereocenters. The summed E-state index contributed by atoms with van der Waals surface area (Å²) in [5, 5.41) is 0. The van der Waals surface area contributed by atoms with Crippen molar-refractivity contribution in [2.24, 2.45) is 11.8 Å². The summed E-state index contributed by atoms with van der Waals surface area (Å²) in [5.41, 5.74) is 1.72. The fourth-order valence-electron chi connectivity index (χ4n) is 2.49. The van der Waals surface area contributed by atoms with Gasteiger partial charge in [0.05, 0.1) is 12.5 Å². The number of carbonyl (C=O) groups is 2. The van der Waals surface area contributed by atoms with E-state index >= 15 is 0 Å². The van der Waals surface area contributed by atoms with Gasteiger partial charge in [0.1, 0.15) is 0 Å². The van der Waals surface area contributed by atoms with Crippen LogP contribution < -0.4 is 0 Å². The minimum absolute atomic E-state index is 0.0573. The third-order valence-corrected chi connectivity index (χ3v) is 3.25. The summed E-state index contributed by atoms with van der Waals surface area (Å²) in [4.78, 5) is 23.6. The third-order valence-electron chi connectivity index (χ3n) is 3.25. The van der Waals surface area contributed by atoms with E-state index in [9.17, 15) is 9.59 Å². The van der Waals surface area contributed by atoms with Crippen molar-refractivity contribution in [3.8, 4) is 0 Å². The highest BCUT2D eigenvalue weighted by atomic mass is 16.5. The fraction of sp³-hybridized carbons (Fsp3) is 0.692. The van der Waals surface area contributed by atoms with E-state index in [-0.39, 0.29) is 23.6 Å². The number of ether oxygens (including phenoxy) is 1. The SMILES string of the molecule is CCOC(=O)[C@H]1C(C)=C(CC)C(=O)C[C@@H]1C. The van der Waals surface area contributed by atoms with Crippen molar-refractivity contribution in [3.63, 3.8) is 0 Å². The molecule has 0 unspecified atom stereocenters. The van der Waals surface area contributed by atoms with Crippen LogP contribution in [0.15, 0.2) is 11.1 Å². The molecule has 90 valence electrons. The molecule has 1 aliphatic carbocycles. The average Bonchev–Trinajstić information content (AvgIpc) is 2.17. The number of Topliss-reactive ketones (excluding diaryl/α,β-unsaturated/α-hetero) is 1. The molecule has 0 aromatic carbocycles. The Morgan fingerprint density at radius 2 is 2.06 bits per heavy atom. The Bertz CT molecular complexity index is 328. The highest BCUT2D eigenvalue weighted by Gasteiger charge is 2.36. The zero-order valence-electron chi connectivity index (χ0n) is 10.5. The van der Waals surface area contributed by atoms with Crippen LogP contribution in [-0.4, -0.2) is 18.4 Å². The standard InChI is InChI=1S/C13H20O3/c1-5-10-9(4)12(13(15)16-6-2)8(3)7-11(10)14/h8,12H,5-7H2,1-4H3/t8-,12+/m0/s1. The summed E-state index contributed by atoms with van der Waals surface area (Å²) < 4.78 is 5.07. The van der Waals surface area contributed by atoms with Gasteiger partial charge < -0.3 is 4.74 Å². The summed E-state index contributed by atoms with van der Waals surface area (Å²) >= 11 is 0. The molecule has 0 saturated carbocycles. The molecule has 1 rings (SSSR count). The molecular formula is C13H20O3. The number of carbonyl (C=O) groups excluding carboxylic acids is 2. The number of allylic oxidation sites excluding steroid dienone is 1. The Labute approximate surface area is 96.9 Å². The number of hydrogen-bond acceptors (Lipinski definition) is 3. The second-order valence-corrected chi connectivity index (χ2v) is 4.35. The van der Waals surface area contributed by atoms with Crippen molar-refractivity contribution in [2.75, 3.05) is 6.61 Å². The quantitative estimate of drug-likeness (QED) is 0.692. The van der Waals surface area contributed by atoms with Crippen molar-refractivity contribution >= 4 is 11.8 Å². The zero-order valence-corrected chi connectivity index (χ0v) is 10.5. The first-order valence-corrected chi connectivity index (χ1v) is 5.92. The van der Waals surface area contributed by atoms with Gasteiger partial charge in [0, 0.05) is 6.42 Å². The molecule has 0 radical (unpaired) electrons. The van der Waals surface area contributed by atoms with Gasteiger partial charge in [-0.15, -0.1) is 0 Å². The lowest BCUT2D eigenvalue weighted by atomic mass is 9.75. The molecule has 0 saturated heterocycles. The largest absolute Gasteiger partial charge is 0.466 e. The summed E-state index contributed by atoms with van der Waals surface area (Å²) in [6.07, 6.45) is 1.16. The monoisotopic (exact) mass is 224 g/mol. The maximum absolute atomic E-state index is 11.8. The predicted octanol–water partition coefficient (Wildman–Crippen LogP) is 2.50. The number of esters is 1. The van der Waals surface area contributed by atoms with Gasteiger partial charge in [-0.25, -0.2) is 0 Å². The van der Waals surface area contributed by atoms with E-state index in [2.05, 4.69) is 0 Å².